The van der Waals surface area contributed by atoms with Crippen LogP contribution < -0.4 is 4.74 Å². The molecule has 2 unspecified atom stereocenters. The van der Waals surface area contributed by atoms with Crippen molar-refractivity contribution in [2.45, 2.75) is 39.2 Å². The predicted octanol–water partition coefficient (Wildman–Crippen LogP) is 3.71. The average molecular weight is 437 g/mol. The molecule has 1 saturated heterocycles. The van der Waals surface area contributed by atoms with E-state index in [2.05, 4.69) is 28.9 Å². The van der Waals surface area contributed by atoms with Crippen LogP contribution in [0.2, 0.25) is 0 Å². The molecule has 0 spiro atoms. The lowest BCUT2D eigenvalue weighted by molar-refractivity contribution is -0.0704. The molecule has 0 amide bonds. The van der Waals surface area contributed by atoms with Crippen molar-refractivity contribution in [3.05, 3.63) is 65.5 Å². The minimum Gasteiger partial charge on any atom is -0.497 e. The van der Waals surface area contributed by atoms with Gasteiger partial charge < -0.3 is 18.7 Å². The molecule has 1 aliphatic heterocycles. The first-order chi connectivity index (χ1) is 15.5. The van der Waals surface area contributed by atoms with Gasteiger partial charge in [-0.2, -0.15) is 4.98 Å². The first-order valence-corrected chi connectivity index (χ1v) is 10.6. The fraction of sp³-hybridized carbons (Fsp3) is 0.375. The maximum absolute atomic E-state index is 12.4. The van der Waals surface area contributed by atoms with Crippen LogP contribution in [0.15, 0.2) is 53.1 Å². The van der Waals surface area contributed by atoms with Crippen LogP contribution in [-0.2, 0) is 22.6 Å². The summed E-state index contributed by atoms with van der Waals surface area (Å²) in [7, 11) is 1.59. The first kappa shape index (κ1) is 22.0. The molecule has 1 aromatic heterocycles. The van der Waals surface area contributed by atoms with E-state index in [1.54, 1.807) is 25.3 Å². The van der Waals surface area contributed by atoms with E-state index in [9.17, 15) is 4.79 Å². The number of nitrogens with zero attached hydrogens (tertiary/aromatic N) is 3. The van der Waals surface area contributed by atoms with Crippen molar-refractivity contribution in [1.29, 1.82) is 0 Å². The van der Waals surface area contributed by atoms with E-state index in [0.717, 1.165) is 30.8 Å². The summed E-state index contributed by atoms with van der Waals surface area (Å²) in [5.41, 5.74) is 2.37. The highest BCUT2D eigenvalue weighted by atomic mass is 16.6. The highest BCUT2D eigenvalue weighted by Gasteiger charge is 2.22. The topological polar surface area (TPSA) is 86.9 Å². The number of hydrogen-bond donors (Lipinski definition) is 0. The molecule has 0 radical (unpaired) electrons. The van der Waals surface area contributed by atoms with Gasteiger partial charge in [0.05, 0.1) is 24.9 Å². The van der Waals surface area contributed by atoms with Gasteiger partial charge in [0.1, 0.15) is 5.75 Å². The third-order valence-corrected chi connectivity index (χ3v) is 5.21. The van der Waals surface area contributed by atoms with Crippen LogP contribution in [0.4, 0.5) is 0 Å². The van der Waals surface area contributed by atoms with E-state index < -0.39 is 5.97 Å². The summed E-state index contributed by atoms with van der Waals surface area (Å²) in [6.45, 7) is 6.70. The van der Waals surface area contributed by atoms with Gasteiger partial charge in [-0.15, -0.1) is 0 Å². The molecule has 2 heterocycles. The molecule has 0 bridgehead atoms. The van der Waals surface area contributed by atoms with E-state index >= 15 is 0 Å². The summed E-state index contributed by atoms with van der Waals surface area (Å²) in [5, 5.41) is 3.94. The van der Waals surface area contributed by atoms with Gasteiger partial charge in [-0.3, -0.25) is 4.90 Å². The van der Waals surface area contributed by atoms with Crippen LogP contribution in [0.5, 0.6) is 5.75 Å². The monoisotopic (exact) mass is 437 g/mol. The molecule has 2 aromatic carbocycles. The van der Waals surface area contributed by atoms with Gasteiger partial charge in [0.2, 0.25) is 5.82 Å². The minimum atomic E-state index is -0.439. The molecule has 1 aliphatic rings. The van der Waals surface area contributed by atoms with Gasteiger partial charge in [0.15, 0.2) is 6.61 Å². The summed E-state index contributed by atoms with van der Waals surface area (Å²) in [5.74, 6) is 0.891. The molecule has 0 saturated carbocycles. The van der Waals surface area contributed by atoms with E-state index in [0.29, 0.717) is 17.1 Å². The highest BCUT2D eigenvalue weighted by molar-refractivity contribution is 5.89. The lowest BCUT2D eigenvalue weighted by atomic mass is 10.1. The standard InChI is InChI=1S/C24H27N3O5/c1-16-12-27(13-17(2)31-16)14-18-7-9-19(10-8-18)24(28)30-15-22-25-23(26-32-22)20-5-4-6-21(11-20)29-3/h4-11,16-17H,12-15H2,1-3H3. The molecule has 0 aliphatic carbocycles. The van der Waals surface area contributed by atoms with Crippen molar-refractivity contribution in [3.8, 4) is 17.1 Å². The smallest absolute Gasteiger partial charge is 0.338 e. The van der Waals surface area contributed by atoms with Gasteiger partial charge >= 0.3 is 5.97 Å². The van der Waals surface area contributed by atoms with Crippen LogP contribution in [-0.4, -0.2) is 53.4 Å². The fourth-order valence-electron chi connectivity index (χ4n) is 3.82. The maximum atomic E-state index is 12.4. The van der Waals surface area contributed by atoms with Gasteiger partial charge in [-0.05, 0) is 43.7 Å². The van der Waals surface area contributed by atoms with Crippen molar-refractivity contribution in [2.24, 2.45) is 0 Å². The third kappa shape index (κ3) is 5.52. The second-order valence-corrected chi connectivity index (χ2v) is 7.97. The van der Waals surface area contributed by atoms with Gasteiger partial charge in [-0.1, -0.05) is 29.4 Å². The quantitative estimate of drug-likeness (QED) is 0.517. The summed E-state index contributed by atoms with van der Waals surface area (Å²) >= 11 is 0. The number of hydrogen-bond acceptors (Lipinski definition) is 8. The lowest BCUT2D eigenvalue weighted by Crippen LogP contribution is -2.44. The van der Waals surface area contributed by atoms with Crippen molar-refractivity contribution in [3.63, 3.8) is 0 Å². The Kier molecular flexibility index (Phi) is 6.82. The van der Waals surface area contributed by atoms with Crippen molar-refractivity contribution in [1.82, 2.24) is 15.0 Å². The largest absolute Gasteiger partial charge is 0.497 e. The summed E-state index contributed by atoms with van der Waals surface area (Å²) < 4.78 is 21.5. The Morgan fingerprint density at radius 1 is 1.12 bits per heavy atom. The second-order valence-electron chi connectivity index (χ2n) is 7.97. The van der Waals surface area contributed by atoms with E-state index in [4.69, 9.17) is 18.7 Å². The van der Waals surface area contributed by atoms with Crippen molar-refractivity contribution < 1.29 is 23.5 Å². The highest BCUT2D eigenvalue weighted by Crippen LogP contribution is 2.21. The minimum absolute atomic E-state index is 0.0961. The zero-order valence-electron chi connectivity index (χ0n) is 18.5. The van der Waals surface area contributed by atoms with Crippen LogP contribution in [0.25, 0.3) is 11.4 Å². The Balaban J connectivity index is 1.31. The van der Waals surface area contributed by atoms with Crippen molar-refractivity contribution in [2.75, 3.05) is 20.2 Å². The Hall–Kier alpha value is -3.23. The zero-order valence-corrected chi connectivity index (χ0v) is 18.5. The number of methoxy groups -OCH3 is 1. The molecule has 168 valence electrons. The maximum Gasteiger partial charge on any atom is 0.338 e. The van der Waals surface area contributed by atoms with E-state index in [1.807, 2.05) is 30.3 Å². The molecule has 4 rings (SSSR count). The van der Waals surface area contributed by atoms with Gasteiger partial charge in [0, 0.05) is 25.2 Å². The zero-order chi connectivity index (χ0) is 22.5. The average Bonchev–Trinajstić information content (AvgIpc) is 3.26. The molecule has 1 fully saturated rings. The summed E-state index contributed by atoms with van der Waals surface area (Å²) in [6.07, 6.45) is 0.448. The van der Waals surface area contributed by atoms with Gasteiger partial charge in [0.25, 0.3) is 5.89 Å². The number of rotatable bonds is 7. The van der Waals surface area contributed by atoms with Crippen LogP contribution in [0.3, 0.4) is 0 Å². The van der Waals surface area contributed by atoms with Crippen LogP contribution in [0, 0.1) is 0 Å². The third-order valence-electron chi connectivity index (χ3n) is 5.21. The molecule has 8 heteroatoms. The summed E-state index contributed by atoms with van der Waals surface area (Å²) in [4.78, 5) is 19.1. The molecule has 32 heavy (non-hydrogen) atoms. The molecule has 3 aromatic rings. The van der Waals surface area contributed by atoms with E-state index in [-0.39, 0.29) is 24.7 Å². The fourth-order valence-corrected chi connectivity index (χ4v) is 3.82. The van der Waals surface area contributed by atoms with E-state index in [1.165, 1.54) is 0 Å². The Bertz CT molecular complexity index is 1040. The van der Waals surface area contributed by atoms with Crippen LogP contribution >= 0.6 is 0 Å². The SMILES string of the molecule is COc1cccc(-c2noc(COC(=O)c3ccc(CN4CC(C)OC(C)C4)cc3)n2)c1. The molecule has 0 N–H and O–H groups in total. The molecular formula is C24H27N3O5. The lowest BCUT2D eigenvalue weighted by Gasteiger charge is -2.35. The number of ether oxygens (including phenoxy) is 3. The first-order valence-electron chi connectivity index (χ1n) is 10.6. The summed E-state index contributed by atoms with van der Waals surface area (Å²) in [6, 6.07) is 14.8. The molecule has 2 atom stereocenters. The number of esters is 1. The Morgan fingerprint density at radius 2 is 1.88 bits per heavy atom. The second kappa shape index (κ2) is 9.93. The molecular weight excluding hydrogens is 410 g/mol. The van der Waals surface area contributed by atoms with Crippen LogP contribution in [0.1, 0.15) is 35.7 Å². The number of carbonyl (C=O) groups is 1. The van der Waals surface area contributed by atoms with Crippen molar-refractivity contribution >= 4 is 5.97 Å². The number of benzene rings is 2. The predicted molar refractivity (Wildman–Crippen MR) is 117 cm³/mol. The molecule has 8 nitrogen and oxygen atoms in total. The van der Waals surface area contributed by atoms with Gasteiger partial charge in [-0.25, -0.2) is 4.79 Å². The normalized spacial score (nSPS) is 19.0. The Labute approximate surface area is 187 Å². The number of aromatic nitrogens is 2. The number of morpholine rings is 1. The number of carbonyl (C=O) groups excluding carboxylic acids is 1. The Morgan fingerprint density at radius 3 is 2.59 bits per heavy atom.